The Hall–Kier alpha value is -0.260. The van der Waals surface area contributed by atoms with Crippen LogP contribution in [-0.2, 0) is 9.53 Å². The predicted molar refractivity (Wildman–Crippen MR) is 84.1 cm³/mol. The molecule has 116 valence electrons. The van der Waals surface area contributed by atoms with Crippen LogP contribution in [0.3, 0.4) is 0 Å². The Morgan fingerprint density at radius 1 is 1.30 bits per heavy atom. The third-order valence-corrected chi connectivity index (χ3v) is 5.32. The molecule has 0 aromatic heterocycles. The van der Waals surface area contributed by atoms with E-state index in [1.807, 2.05) is 11.9 Å². The molecule has 2 aliphatic heterocycles. The molecule has 1 N–H and O–H groups in total. The zero-order valence-electron chi connectivity index (χ0n) is 12.6. The molecule has 2 aliphatic rings. The van der Waals surface area contributed by atoms with Gasteiger partial charge in [0.2, 0.25) is 5.91 Å². The molecule has 20 heavy (non-hydrogen) atoms. The van der Waals surface area contributed by atoms with Gasteiger partial charge in [-0.05, 0) is 51.6 Å². The van der Waals surface area contributed by atoms with Crippen molar-refractivity contribution in [1.82, 2.24) is 10.2 Å². The molecule has 0 spiro atoms. The second kappa shape index (κ2) is 8.90. The fourth-order valence-corrected chi connectivity index (χ4v) is 3.98. The van der Waals surface area contributed by atoms with Crippen LogP contribution in [0.1, 0.15) is 32.1 Å². The summed E-state index contributed by atoms with van der Waals surface area (Å²) in [5.41, 5.74) is 0. The maximum Gasteiger partial charge on any atom is 0.232 e. The average molecular weight is 300 g/mol. The largest absolute Gasteiger partial charge is 0.377 e. The molecule has 4 nitrogen and oxygen atoms in total. The van der Waals surface area contributed by atoms with Gasteiger partial charge >= 0.3 is 0 Å². The normalized spacial score (nSPS) is 24.9. The summed E-state index contributed by atoms with van der Waals surface area (Å²) in [5.74, 6) is 2.65. The van der Waals surface area contributed by atoms with Gasteiger partial charge in [0.25, 0.3) is 0 Å². The number of ether oxygens (including phenoxy) is 1. The van der Waals surface area contributed by atoms with Gasteiger partial charge in [-0.25, -0.2) is 0 Å². The summed E-state index contributed by atoms with van der Waals surface area (Å²) >= 11 is 1.74. The maximum absolute atomic E-state index is 12.2. The second-order valence-corrected chi connectivity index (χ2v) is 6.92. The molecule has 2 heterocycles. The van der Waals surface area contributed by atoms with Gasteiger partial charge in [0, 0.05) is 25.4 Å². The fourth-order valence-electron chi connectivity index (χ4n) is 2.98. The van der Waals surface area contributed by atoms with Gasteiger partial charge < -0.3 is 15.0 Å². The first kappa shape index (κ1) is 16.1. The Morgan fingerprint density at radius 3 is 2.75 bits per heavy atom. The molecule has 1 amide bonds. The second-order valence-electron chi connectivity index (χ2n) is 5.89. The highest BCUT2D eigenvalue weighted by Gasteiger charge is 2.22. The van der Waals surface area contributed by atoms with Gasteiger partial charge in [0.05, 0.1) is 11.9 Å². The van der Waals surface area contributed by atoms with Gasteiger partial charge in [-0.3, -0.25) is 4.79 Å². The molecule has 2 fully saturated rings. The van der Waals surface area contributed by atoms with Crippen LogP contribution >= 0.6 is 11.8 Å². The van der Waals surface area contributed by atoms with Crippen molar-refractivity contribution in [2.75, 3.05) is 44.8 Å². The number of rotatable bonds is 6. The monoisotopic (exact) mass is 300 g/mol. The van der Waals surface area contributed by atoms with Gasteiger partial charge in [0.15, 0.2) is 0 Å². The molecule has 0 bridgehead atoms. The number of amides is 1. The minimum absolute atomic E-state index is 0.314. The zero-order chi connectivity index (χ0) is 14.2. The summed E-state index contributed by atoms with van der Waals surface area (Å²) in [6.45, 7) is 3.85. The van der Waals surface area contributed by atoms with Crippen molar-refractivity contribution < 1.29 is 9.53 Å². The molecule has 2 saturated heterocycles. The number of carbonyl (C=O) groups excluding carboxylic acids is 1. The Labute approximate surface area is 127 Å². The van der Waals surface area contributed by atoms with Crippen LogP contribution in [0.5, 0.6) is 0 Å². The van der Waals surface area contributed by atoms with Crippen LogP contribution in [0.2, 0.25) is 0 Å². The Bertz CT molecular complexity index is 288. The lowest BCUT2D eigenvalue weighted by Crippen LogP contribution is -2.41. The van der Waals surface area contributed by atoms with Crippen molar-refractivity contribution in [2.45, 2.75) is 38.2 Å². The Kier molecular flexibility index (Phi) is 7.17. The summed E-state index contributed by atoms with van der Waals surface area (Å²) in [4.78, 5) is 14.2. The lowest BCUT2D eigenvalue weighted by molar-refractivity contribution is -0.129. The minimum Gasteiger partial charge on any atom is -0.377 e. The SMILES string of the molecule is CNCC1CCN(C(=O)CSCC2CCCCO2)CC1. The highest BCUT2D eigenvalue weighted by molar-refractivity contribution is 7.99. The lowest BCUT2D eigenvalue weighted by atomic mass is 9.97. The van der Waals surface area contributed by atoms with Crippen LogP contribution in [0, 0.1) is 5.92 Å². The summed E-state index contributed by atoms with van der Waals surface area (Å²) < 4.78 is 5.69. The number of piperidine rings is 1. The first-order chi connectivity index (χ1) is 9.79. The van der Waals surface area contributed by atoms with Gasteiger partial charge in [-0.2, -0.15) is 0 Å². The van der Waals surface area contributed by atoms with E-state index in [9.17, 15) is 4.79 Å². The fraction of sp³-hybridized carbons (Fsp3) is 0.933. The highest BCUT2D eigenvalue weighted by Crippen LogP contribution is 2.19. The van der Waals surface area contributed by atoms with E-state index in [4.69, 9.17) is 4.74 Å². The van der Waals surface area contributed by atoms with Crippen molar-refractivity contribution >= 4 is 17.7 Å². The van der Waals surface area contributed by atoms with Crippen LogP contribution < -0.4 is 5.32 Å². The topological polar surface area (TPSA) is 41.6 Å². The quantitative estimate of drug-likeness (QED) is 0.811. The van der Waals surface area contributed by atoms with E-state index in [0.717, 1.165) is 57.2 Å². The first-order valence-corrected chi connectivity index (χ1v) is 9.06. The lowest BCUT2D eigenvalue weighted by Gasteiger charge is -2.32. The summed E-state index contributed by atoms with van der Waals surface area (Å²) in [7, 11) is 2.00. The number of nitrogens with zero attached hydrogens (tertiary/aromatic N) is 1. The highest BCUT2D eigenvalue weighted by atomic mass is 32.2. The van der Waals surface area contributed by atoms with E-state index in [0.29, 0.717) is 17.8 Å². The van der Waals surface area contributed by atoms with Crippen LogP contribution in [0.15, 0.2) is 0 Å². The van der Waals surface area contributed by atoms with E-state index >= 15 is 0 Å². The maximum atomic E-state index is 12.2. The van der Waals surface area contributed by atoms with Crippen molar-refractivity contribution in [1.29, 1.82) is 0 Å². The van der Waals surface area contributed by atoms with Crippen molar-refractivity contribution in [3.8, 4) is 0 Å². The van der Waals surface area contributed by atoms with Gasteiger partial charge in [-0.15, -0.1) is 11.8 Å². The van der Waals surface area contributed by atoms with Crippen molar-refractivity contribution in [3.05, 3.63) is 0 Å². The molecule has 0 aromatic carbocycles. The van der Waals surface area contributed by atoms with Crippen LogP contribution in [0.4, 0.5) is 0 Å². The molecule has 1 atom stereocenters. The van der Waals surface area contributed by atoms with E-state index in [2.05, 4.69) is 5.32 Å². The van der Waals surface area contributed by atoms with E-state index in [1.54, 1.807) is 11.8 Å². The van der Waals surface area contributed by atoms with Gasteiger partial charge in [0.1, 0.15) is 0 Å². The van der Waals surface area contributed by atoms with E-state index in [1.165, 1.54) is 12.8 Å². The summed E-state index contributed by atoms with van der Waals surface area (Å²) in [6, 6.07) is 0. The summed E-state index contributed by atoms with van der Waals surface area (Å²) in [5, 5.41) is 3.23. The number of thioether (sulfide) groups is 1. The smallest absolute Gasteiger partial charge is 0.232 e. The van der Waals surface area contributed by atoms with Crippen molar-refractivity contribution in [2.24, 2.45) is 5.92 Å². The number of nitrogens with one attached hydrogen (secondary N) is 1. The number of hydrogen-bond acceptors (Lipinski definition) is 4. The zero-order valence-corrected chi connectivity index (χ0v) is 13.4. The van der Waals surface area contributed by atoms with Gasteiger partial charge in [-0.1, -0.05) is 0 Å². The minimum atomic E-state index is 0.314. The predicted octanol–water partition coefficient (Wildman–Crippen LogP) is 1.75. The summed E-state index contributed by atoms with van der Waals surface area (Å²) in [6.07, 6.45) is 6.30. The molecule has 1 unspecified atom stereocenters. The number of carbonyl (C=O) groups is 1. The first-order valence-electron chi connectivity index (χ1n) is 7.91. The van der Waals surface area contributed by atoms with Crippen LogP contribution in [0.25, 0.3) is 0 Å². The van der Waals surface area contributed by atoms with E-state index < -0.39 is 0 Å². The Morgan fingerprint density at radius 2 is 2.10 bits per heavy atom. The Balaban J connectivity index is 1.58. The molecular weight excluding hydrogens is 272 g/mol. The van der Waals surface area contributed by atoms with E-state index in [-0.39, 0.29) is 0 Å². The molecule has 0 aliphatic carbocycles. The molecule has 0 saturated carbocycles. The molecule has 0 aromatic rings. The standard InChI is InChI=1S/C15H28N2O2S/c1-16-10-13-5-7-17(8-6-13)15(18)12-20-11-14-4-2-3-9-19-14/h13-14,16H,2-12H2,1H3. The van der Waals surface area contributed by atoms with Crippen LogP contribution in [-0.4, -0.2) is 61.7 Å². The number of likely N-dealkylation sites (tertiary alicyclic amines) is 1. The average Bonchev–Trinajstić information content (AvgIpc) is 2.49. The van der Waals surface area contributed by atoms with Crippen molar-refractivity contribution in [3.63, 3.8) is 0 Å². The molecule has 2 rings (SSSR count). The molecule has 0 radical (unpaired) electrons. The number of hydrogen-bond donors (Lipinski definition) is 1. The third kappa shape index (κ3) is 5.26. The third-order valence-electron chi connectivity index (χ3n) is 4.26. The molecule has 5 heteroatoms. The molecular formula is C15H28N2O2S.